The molecule has 7 heteroatoms. The van der Waals surface area contributed by atoms with E-state index in [4.69, 9.17) is 10.6 Å². The molecule has 0 saturated carbocycles. The summed E-state index contributed by atoms with van der Waals surface area (Å²) in [5, 5.41) is 3.11. The Morgan fingerprint density at radius 3 is 3.00 bits per heavy atom. The predicted octanol–water partition coefficient (Wildman–Crippen LogP) is 1.46. The number of hydrogen-bond acceptors (Lipinski definition) is 4. The molecule has 5 nitrogen and oxygen atoms in total. The van der Waals surface area contributed by atoms with Crippen molar-refractivity contribution in [2.75, 3.05) is 20.3 Å². The van der Waals surface area contributed by atoms with Gasteiger partial charge >= 0.3 is 0 Å². The van der Waals surface area contributed by atoms with E-state index >= 15 is 0 Å². The standard InChI is InChI=1S/C10H17BrN4OS/c1-16-6-2-5-13-10(15-12)14-7-8-3-4-9(11)17-8/h3-4H,2,5-7,12H2,1H3,(H2,13,14,15). The molecular weight excluding hydrogens is 304 g/mol. The van der Waals surface area contributed by atoms with Crippen LogP contribution in [0.1, 0.15) is 11.3 Å². The Kier molecular flexibility index (Phi) is 7.18. The molecular formula is C10H17BrN4OS. The minimum absolute atomic E-state index is 0.602. The normalized spacial score (nSPS) is 11.6. The third kappa shape index (κ3) is 6.02. The van der Waals surface area contributed by atoms with Crippen molar-refractivity contribution in [3.05, 3.63) is 20.8 Å². The van der Waals surface area contributed by atoms with E-state index in [9.17, 15) is 0 Å². The van der Waals surface area contributed by atoms with Crippen molar-refractivity contribution in [3.8, 4) is 0 Å². The maximum Gasteiger partial charge on any atom is 0.206 e. The molecule has 1 rings (SSSR count). The Labute approximate surface area is 114 Å². The number of nitrogens with zero attached hydrogens (tertiary/aromatic N) is 1. The first-order valence-corrected chi connectivity index (χ1v) is 6.85. The Morgan fingerprint density at radius 2 is 2.41 bits per heavy atom. The van der Waals surface area contributed by atoms with Gasteiger partial charge < -0.3 is 10.1 Å². The van der Waals surface area contributed by atoms with Gasteiger partial charge in [0.25, 0.3) is 0 Å². The van der Waals surface area contributed by atoms with Gasteiger partial charge in [-0.15, -0.1) is 11.3 Å². The highest BCUT2D eigenvalue weighted by Gasteiger charge is 1.98. The number of aliphatic imine (C=N–C) groups is 1. The average Bonchev–Trinajstić information content (AvgIpc) is 2.74. The number of nitrogens with one attached hydrogen (secondary N) is 2. The van der Waals surface area contributed by atoms with E-state index in [0.29, 0.717) is 12.5 Å². The van der Waals surface area contributed by atoms with Crippen molar-refractivity contribution in [3.63, 3.8) is 0 Å². The van der Waals surface area contributed by atoms with Gasteiger partial charge in [-0.3, -0.25) is 5.43 Å². The molecule has 0 unspecified atom stereocenters. The Balaban J connectivity index is 2.33. The van der Waals surface area contributed by atoms with E-state index < -0.39 is 0 Å². The number of thiophene rings is 1. The van der Waals surface area contributed by atoms with Gasteiger partial charge in [-0.05, 0) is 34.5 Å². The zero-order valence-electron chi connectivity index (χ0n) is 9.70. The van der Waals surface area contributed by atoms with Crippen LogP contribution in [0.25, 0.3) is 0 Å². The molecule has 0 bridgehead atoms. The maximum atomic E-state index is 5.38. The number of hydrazine groups is 1. The topological polar surface area (TPSA) is 71.7 Å². The Hall–Kier alpha value is -0.630. The molecule has 4 N–H and O–H groups in total. The summed E-state index contributed by atoms with van der Waals surface area (Å²) in [5.74, 6) is 5.98. The summed E-state index contributed by atoms with van der Waals surface area (Å²) in [6, 6.07) is 4.05. The van der Waals surface area contributed by atoms with Crippen molar-refractivity contribution in [2.24, 2.45) is 10.8 Å². The first kappa shape index (κ1) is 14.4. The molecule has 0 aliphatic rings. The molecule has 0 radical (unpaired) electrons. The van der Waals surface area contributed by atoms with E-state index in [1.807, 2.05) is 12.1 Å². The minimum atomic E-state index is 0.602. The third-order valence-corrected chi connectivity index (χ3v) is 3.58. The van der Waals surface area contributed by atoms with Crippen LogP contribution in [0.4, 0.5) is 0 Å². The average molecular weight is 321 g/mol. The summed E-state index contributed by atoms with van der Waals surface area (Å²) >= 11 is 5.08. The molecule has 96 valence electrons. The molecule has 0 spiro atoms. The van der Waals surface area contributed by atoms with Gasteiger partial charge in [0, 0.05) is 25.1 Å². The van der Waals surface area contributed by atoms with Crippen molar-refractivity contribution >= 4 is 33.2 Å². The number of nitrogens with two attached hydrogens (primary N) is 1. The van der Waals surface area contributed by atoms with Crippen molar-refractivity contribution in [1.29, 1.82) is 0 Å². The summed E-state index contributed by atoms with van der Waals surface area (Å²) in [6.45, 7) is 2.13. The summed E-state index contributed by atoms with van der Waals surface area (Å²) in [5.41, 5.74) is 2.55. The van der Waals surface area contributed by atoms with Crippen LogP contribution in [0.2, 0.25) is 0 Å². The molecule has 0 aliphatic heterocycles. The molecule has 0 amide bonds. The number of rotatable bonds is 6. The van der Waals surface area contributed by atoms with E-state index in [1.54, 1.807) is 18.4 Å². The monoisotopic (exact) mass is 320 g/mol. The number of halogens is 1. The highest BCUT2D eigenvalue weighted by atomic mass is 79.9. The Morgan fingerprint density at radius 1 is 1.59 bits per heavy atom. The van der Waals surface area contributed by atoms with Crippen LogP contribution in [0, 0.1) is 0 Å². The highest BCUT2D eigenvalue weighted by molar-refractivity contribution is 9.11. The van der Waals surface area contributed by atoms with Gasteiger partial charge in [0.15, 0.2) is 0 Å². The molecule has 17 heavy (non-hydrogen) atoms. The molecule has 0 saturated heterocycles. The molecule has 0 atom stereocenters. The smallest absolute Gasteiger partial charge is 0.206 e. The fourth-order valence-electron chi connectivity index (χ4n) is 1.17. The maximum absolute atomic E-state index is 5.38. The van der Waals surface area contributed by atoms with Crippen molar-refractivity contribution in [1.82, 2.24) is 10.7 Å². The zero-order chi connectivity index (χ0) is 12.5. The van der Waals surface area contributed by atoms with Crippen LogP contribution in [-0.4, -0.2) is 26.2 Å². The minimum Gasteiger partial charge on any atom is -0.385 e. The van der Waals surface area contributed by atoms with Gasteiger partial charge in [-0.25, -0.2) is 10.8 Å². The first-order valence-electron chi connectivity index (χ1n) is 5.24. The second kappa shape index (κ2) is 8.46. The van der Waals surface area contributed by atoms with E-state index in [0.717, 1.165) is 23.4 Å². The van der Waals surface area contributed by atoms with E-state index in [-0.39, 0.29) is 0 Å². The van der Waals surface area contributed by atoms with Gasteiger partial charge in [-0.2, -0.15) is 0 Å². The second-order valence-electron chi connectivity index (χ2n) is 3.29. The lowest BCUT2D eigenvalue weighted by atomic mass is 10.4. The SMILES string of the molecule is COCCCNC(=NCc1ccc(Br)s1)NN. The lowest BCUT2D eigenvalue weighted by Crippen LogP contribution is -2.42. The molecule has 1 aromatic heterocycles. The van der Waals surface area contributed by atoms with Crippen LogP contribution in [0.5, 0.6) is 0 Å². The second-order valence-corrected chi connectivity index (χ2v) is 5.84. The first-order chi connectivity index (χ1) is 8.26. The summed E-state index contributed by atoms with van der Waals surface area (Å²) in [4.78, 5) is 5.53. The molecule has 0 aromatic carbocycles. The molecule has 1 heterocycles. The summed E-state index contributed by atoms with van der Waals surface area (Å²) < 4.78 is 6.06. The number of methoxy groups -OCH3 is 1. The van der Waals surface area contributed by atoms with Gasteiger partial charge in [0.1, 0.15) is 0 Å². The lowest BCUT2D eigenvalue weighted by Gasteiger charge is -2.08. The third-order valence-electron chi connectivity index (χ3n) is 1.98. The quantitative estimate of drug-likeness (QED) is 0.244. The largest absolute Gasteiger partial charge is 0.385 e. The van der Waals surface area contributed by atoms with Crippen LogP contribution in [-0.2, 0) is 11.3 Å². The van der Waals surface area contributed by atoms with Gasteiger partial charge in [-0.1, -0.05) is 0 Å². The molecule has 0 fully saturated rings. The predicted molar refractivity (Wildman–Crippen MR) is 75.0 cm³/mol. The van der Waals surface area contributed by atoms with Crippen LogP contribution < -0.4 is 16.6 Å². The van der Waals surface area contributed by atoms with Crippen molar-refractivity contribution in [2.45, 2.75) is 13.0 Å². The van der Waals surface area contributed by atoms with Crippen LogP contribution in [0.3, 0.4) is 0 Å². The summed E-state index contributed by atoms with van der Waals surface area (Å²) in [6.07, 6.45) is 0.918. The number of hydrogen-bond donors (Lipinski definition) is 3. The van der Waals surface area contributed by atoms with E-state index in [2.05, 4.69) is 31.7 Å². The fraction of sp³-hybridized carbons (Fsp3) is 0.500. The fourth-order valence-corrected chi connectivity index (χ4v) is 2.58. The summed E-state index contributed by atoms with van der Waals surface area (Å²) in [7, 11) is 1.69. The van der Waals surface area contributed by atoms with Crippen molar-refractivity contribution < 1.29 is 4.74 Å². The number of ether oxygens (including phenoxy) is 1. The zero-order valence-corrected chi connectivity index (χ0v) is 12.1. The van der Waals surface area contributed by atoms with Crippen LogP contribution in [0.15, 0.2) is 20.9 Å². The van der Waals surface area contributed by atoms with Gasteiger partial charge in [0.2, 0.25) is 5.96 Å². The highest BCUT2D eigenvalue weighted by Crippen LogP contribution is 2.22. The lowest BCUT2D eigenvalue weighted by molar-refractivity contribution is 0.195. The van der Waals surface area contributed by atoms with Crippen LogP contribution >= 0.6 is 27.3 Å². The Bertz CT molecular complexity index is 356. The molecule has 1 aromatic rings. The molecule has 0 aliphatic carbocycles. The van der Waals surface area contributed by atoms with Gasteiger partial charge in [0.05, 0.1) is 10.3 Å². The number of guanidine groups is 1. The van der Waals surface area contributed by atoms with E-state index in [1.165, 1.54) is 4.88 Å².